The smallest absolute Gasteiger partial charge is 0.406 e. The van der Waals surface area contributed by atoms with Gasteiger partial charge in [-0.3, -0.25) is 9.78 Å². The summed E-state index contributed by atoms with van der Waals surface area (Å²) >= 11 is 0. The number of pyridine rings is 1. The molecule has 0 aliphatic carbocycles. The van der Waals surface area contributed by atoms with Gasteiger partial charge in [-0.25, -0.2) is 0 Å². The molecule has 0 aliphatic rings. The van der Waals surface area contributed by atoms with E-state index >= 15 is 0 Å². The first-order valence-corrected chi connectivity index (χ1v) is 9.53. The second kappa shape index (κ2) is 8.51. The zero-order valence-corrected chi connectivity index (χ0v) is 16.2. The summed E-state index contributed by atoms with van der Waals surface area (Å²) < 4.78 is 41.1. The maximum absolute atomic E-state index is 12.5. The van der Waals surface area contributed by atoms with Gasteiger partial charge in [0.25, 0.3) is 5.91 Å². The first kappa shape index (κ1) is 20.5. The van der Waals surface area contributed by atoms with E-state index in [1.165, 1.54) is 17.7 Å². The summed E-state index contributed by atoms with van der Waals surface area (Å²) in [5.74, 6) is -0.972. The molecule has 5 nitrogen and oxygen atoms in total. The van der Waals surface area contributed by atoms with E-state index in [2.05, 4.69) is 20.0 Å². The third-order valence-corrected chi connectivity index (χ3v) is 4.79. The normalized spacial score (nSPS) is 11.5. The predicted molar refractivity (Wildman–Crippen MR) is 111 cm³/mol. The topological polar surface area (TPSA) is 67.0 Å². The van der Waals surface area contributed by atoms with Gasteiger partial charge in [0.05, 0.1) is 0 Å². The Morgan fingerprint density at radius 2 is 1.84 bits per heavy atom. The van der Waals surface area contributed by atoms with Gasteiger partial charge >= 0.3 is 6.36 Å². The van der Waals surface area contributed by atoms with Crippen LogP contribution in [0.15, 0.2) is 73.2 Å². The molecule has 2 heterocycles. The lowest BCUT2D eigenvalue weighted by atomic mass is 10.0. The molecule has 2 N–H and O–H groups in total. The molecule has 0 unspecified atom stereocenters. The minimum atomic E-state index is -4.82. The number of aromatic amines is 1. The Labute approximate surface area is 175 Å². The maximum Gasteiger partial charge on any atom is 0.573 e. The molecule has 0 saturated heterocycles. The van der Waals surface area contributed by atoms with E-state index in [4.69, 9.17) is 0 Å². The van der Waals surface area contributed by atoms with E-state index in [0.717, 1.165) is 41.4 Å². The number of nitrogens with zero attached hydrogens (tertiary/aromatic N) is 1. The Morgan fingerprint density at radius 3 is 2.61 bits per heavy atom. The highest BCUT2D eigenvalue weighted by molar-refractivity contribution is 6.05. The predicted octanol–water partition coefficient (Wildman–Crippen LogP) is 5.50. The van der Waals surface area contributed by atoms with Crippen molar-refractivity contribution in [3.05, 3.63) is 89.9 Å². The van der Waals surface area contributed by atoms with Crippen molar-refractivity contribution < 1.29 is 22.7 Å². The van der Waals surface area contributed by atoms with E-state index in [-0.39, 0.29) is 5.56 Å². The molecule has 8 heteroatoms. The molecule has 0 atom stereocenters. The van der Waals surface area contributed by atoms with Gasteiger partial charge < -0.3 is 15.0 Å². The maximum atomic E-state index is 12.5. The Hall–Kier alpha value is -3.81. The first-order chi connectivity index (χ1) is 14.9. The molecule has 0 saturated carbocycles. The summed E-state index contributed by atoms with van der Waals surface area (Å²) in [6.07, 6.45) is 2.28. The first-order valence-electron chi connectivity index (χ1n) is 9.53. The van der Waals surface area contributed by atoms with Crippen LogP contribution in [0.2, 0.25) is 0 Å². The number of nitrogens with one attached hydrogen (secondary N) is 2. The van der Waals surface area contributed by atoms with E-state index in [0.29, 0.717) is 5.69 Å². The van der Waals surface area contributed by atoms with Crippen LogP contribution >= 0.6 is 0 Å². The lowest BCUT2D eigenvalue weighted by Gasteiger charge is -2.10. The summed E-state index contributed by atoms with van der Waals surface area (Å²) in [6.45, 7) is 0. The Kier molecular flexibility index (Phi) is 5.62. The van der Waals surface area contributed by atoms with Crippen molar-refractivity contribution in [2.45, 2.75) is 19.2 Å². The molecule has 0 spiro atoms. The monoisotopic (exact) mass is 425 g/mol. The number of carbonyl (C=O) groups is 1. The number of ether oxygens (including phenoxy) is 1. The number of hydrogen-bond acceptors (Lipinski definition) is 3. The van der Waals surface area contributed by atoms with Crippen LogP contribution in [-0.2, 0) is 12.8 Å². The number of H-pyrrole nitrogens is 1. The Morgan fingerprint density at radius 1 is 1.03 bits per heavy atom. The standard InChI is InChI=1S/C23H18F3N3O2/c24-23(25,26)31-19-3-1-2-16(12-19)22(30)29-18-6-7-21-20(13-18)17(14-28-21)5-4-15-8-10-27-11-9-15/h1-3,6-14,28H,4-5H2,(H,29,30). The number of halogens is 3. The van der Waals surface area contributed by atoms with Crippen LogP contribution in [0.3, 0.4) is 0 Å². The van der Waals surface area contributed by atoms with E-state index in [1.54, 1.807) is 18.5 Å². The summed E-state index contributed by atoms with van der Waals surface area (Å²) in [6, 6.07) is 14.3. The van der Waals surface area contributed by atoms with E-state index in [9.17, 15) is 18.0 Å². The zero-order valence-electron chi connectivity index (χ0n) is 16.2. The highest BCUT2D eigenvalue weighted by atomic mass is 19.4. The summed E-state index contributed by atoms with van der Waals surface area (Å²) in [5.41, 5.74) is 3.82. The third kappa shape index (κ3) is 5.22. The van der Waals surface area contributed by atoms with Crippen molar-refractivity contribution in [3.8, 4) is 5.75 Å². The minimum absolute atomic E-state index is 0.0637. The molecule has 2 aromatic heterocycles. The van der Waals surface area contributed by atoms with Gasteiger partial charge in [-0.1, -0.05) is 6.07 Å². The average Bonchev–Trinajstić information content (AvgIpc) is 3.14. The van der Waals surface area contributed by atoms with Crippen LogP contribution in [0.1, 0.15) is 21.5 Å². The third-order valence-electron chi connectivity index (χ3n) is 4.79. The molecule has 31 heavy (non-hydrogen) atoms. The number of amides is 1. The average molecular weight is 425 g/mol. The number of hydrogen-bond donors (Lipinski definition) is 2. The summed E-state index contributed by atoms with van der Waals surface area (Å²) in [4.78, 5) is 19.8. The Bertz CT molecular complexity index is 1200. The molecule has 4 rings (SSSR count). The molecule has 0 bridgehead atoms. The van der Waals surface area contributed by atoms with Gasteiger partial charge in [0.1, 0.15) is 5.75 Å². The molecule has 158 valence electrons. The quantitative estimate of drug-likeness (QED) is 0.429. The Balaban J connectivity index is 1.50. The van der Waals surface area contributed by atoms with Crippen LogP contribution in [0, 0.1) is 0 Å². The molecule has 1 amide bonds. The SMILES string of the molecule is O=C(Nc1ccc2[nH]cc(CCc3ccncc3)c2c1)c1cccc(OC(F)(F)F)c1. The second-order valence-electron chi connectivity index (χ2n) is 6.96. The molecule has 0 radical (unpaired) electrons. The number of anilines is 1. The largest absolute Gasteiger partial charge is 0.573 e. The van der Waals surface area contributed by atoms with Gasteiger partial charge in [-0.05, 0) is 72.5 Å². The van der Waals surface area contributed by atoms with Crippen molar-refractivity contribution in [3.63, 3.8) is 0 Å². The van der Waals surface area contributed by atoms with Crippen LogP contribution in [0.4, 0.5) is 18.9 Å². The van der Waals surface area contributed by atoms with Crippen molar-refractivity contribution in [1.82, 2.24) is 9.97 Å². The van der Waals surface area contributed by atoms with Crippen LogP contribution in [0.25, 0.3) is 10.9 Å². The number of aromatic nitrogens is 2. The summed E-state index contributed by atoms with van der Waals surface area (Å²) in [5, 5.41) is 3.71. The van der Waals surface area contributed by atoms with Crippen molar-refractivity contribution >= 4 is 22.5 Å². The highest BCUT2D eigenvalue weighted by Gasteiger charge is 2.31. The van der Waals surface area contributed by atoms with E-state index < -0.39 is 18.0 Å². The second-order valence-corrected chi connectivity index (χ2v) is 6.96. The van der Waals surface area contributed by atoms with Gasteiger partial charge in [-0.15, -0.1) is 13.2 Å². The van der Waals surface area contributed by atoms with Crippen LogP contribution < -0.4 is 10.1 Å². The highest BCUT2D eigenvalue weighted by Crippen LogP contribution is 2.26. The molecular weight excluding hydrogens is 407 g/mol. The lowest BCUT2D eigenvalue weighted by molar-refractivity contribution is -0.274. The fraction of sp³-hybridized carbons (Fsp3) is 0.130. The number of alkyl halides is 3. The fourth-order valence-corrected chi connectivity index (χ4v) is 3.33. The fourth-order valence-electron chi connectivity index (χ4n) is 3.33. The van der Waals surface area contributed by atoms with Crippen LogP contribution in [-0.4, -0.2) is 22.2 Å². The van der Waals surface area contributed by atoms with Crippen molar-refractivity contribution in [2.24, 2.45) is 0 Å². The molecule has 0 fully saturated rings. The van der Waals surface area contributed by atoms with Gasteiger partial charge in [-0.2, -0.15) is 0 Å². The van der Waals surface area contributed by atoms with Crippen LogP contribution in [0.5, 0.6) is 5.75 Å². The number of benzene rings is 2. The van der Waals surface area contributed by atoms with Gasteiger partial charge in [0.2, 0.25) is 0 Å². The molecular formula is C23H18F3N3O2. The van der Waals surface area contributed by atoms with E-state index in [1.807, 2.05) is 30.5 Å². The number of carbonyl (C=O) groups excluding carboxylic acids is 1. The molecule has 2 aromatic carbocycles. The molecule has 0 aliphatic heterocycles. The van der Waals surface area contributed by atoms with Crippen molar-refractivity contribution in [2.75, 3.05) is 5.32 Å². The minimum Gasteiger partial charge on any atom is -0.406 e. The lowest BCUT2D eigenvalue weighted by Crippen LogP contribution is -2.18. The zero-order chi connectivity index (χ0) is 21.8. The number of rotatable bonds is 6. The number of aryl methyl sites for hydroxylation is 2. The summed E-state index contributed by atoms with van der Waals surface area (Å²) in [7, 11) is 0. The van der Waals surface area contributed by atoms with Crippen molar-refractivity contribution in [1.29, 1.82) is 0 Å². The van der Waals surface area contributed by atoms with Gasteiger partial charge in [0.15, 0.2) is 0 Å². The number of fused-ring (bicyclic) bond motifs is 1. The molecule has 4 aromatic rings. The van der Waals surface area contributed by atoms with Gasteiger partial charge in [0, 0.05) is 40.7 Å².